The average Bonchev–Trinajstić information content (AvgIpc) is 3.38. The van der Waals surface area contributed by atoms with Gasteiger partial charge in [0.25, 0.3) is 5.91 Å². The summed E-state index contributed by atoms with van der Waals surface area (Å²) in [6.07, 6.45) is 6.34. The minimum absolute atomic E-state index is 0.0466. The number of fused-ring (bicyclic) bond motifs is 2. The molecule has 2 aliphatic rings. The van der Waals surface area contributed by atoms with Gasteiger partial charge in [-0.3, -0.25) is 14.4 Å². The van der Waals surface area contributed by atoms with Gasteiger partial charge in [0.2, 0.25) is 11.8 Å². The van der Waals surface area contributed by atoms with E-state index in [1.807, 2.05) is 6.92 Å². The lowest BCUT2D eigenvalue weighted by molar-refractivity contribution is -0.124. The fourth-order valence-corrected chi connectivity index (χ4v) is 5.45. The van der Waals surface area contributed by atoms with Crippen molar-refractivity contribution in [3.05, 3.63) is 33.9 Å². The third kappa shape index (κ3) is 5.54. The second kappa shape index (κ2) is 10.8. The van der Waals surface area contributed by atoms with Crippen molar-refractivity contribution in [3.8, 4) is 0 Å². The average molecular weight is 500 g/mol. The highest BCUT2D eigenvalue weighted by Crippen LogP contribution is 2.44. The van der Waals surface area contributed by atoms with Crippen LogP contribution in [0.5, 0.6) is 0 Å². The minimum Gasteiger partial charge on any atom is -0.381 e. The number of rotatable bonds is 9. The summed E-state index contributed by atoms with van der Waals surface area (Å²) < 4.78 is 5.45. The van der Waals surface area contributed by atoms with Gasteiger partial charge in [-0.2, -0.15) is 0 Å². The smallest absolute Gasteiger partial charge is 0.271 e. The molecule has 2 aliphatic heterocycles. The summed E-state index contributed by atoms with van der Waals surface area (Å²) in [7, 11) is 0. The maximum absolute atomic E-state index is 13.2. The second-order valence-corrected chi connectivity index (χ2v) is 10.6. The van der Waals surface area contributed by atoms with Crippen molar-refractivity contribution < 1.29 is 19.1 Å². The number of aryl methyl sites for hydroxylation is 1. The Hall–Kier alpha value is -2.85. The van der Waals surface area contributed by atoms with Crippen molar-refractivity contribution in [2.45, 2.75) is 70.8 Å². The maximum atomic E-state index is 13.2. The minimum atomic E-state index is -0.727. The van der Waals surface area contributed by atoms with Crippen molar-refractivity contribution in [2.24, 2.45) is 5.92 Å². The molecule has 0 aliphatic carbocycles. The van der Waals surface area contributed by atoms with Crippen LogP contribution in [-0.4, -0.2) is 46.9 Å². The number of pyridine rings is 1. The van der Waals surface area contributed by atoms with E-state index < -0.39 is 11.5 Å². The van der Waals surface area contributed by atoms with Crippen LogP contribution in [-0.2, 0) is 19.7 Å². The van der Waals surface area contributed by atoms with Crippen molar-refractivity contribution in [1.29, 1.82) is 0 Å². The summed E-state index contributed by atoms with van der Waals surface area (Å²) in [4.78, 5) is 47.4. The molecule has 0 radical (unpaired) electrons. The van der Waals surface area contributed by atoms with E-state index in [2.05, 4.69) is 39.8 Å². The highest BCUT2D eigenvalue weighted by molar-refractivity contribution is 7.09. The summed E-state index contributed by atoms with van der Waals surface area (Å²) in [5, 5.41) is 11.1. The van der Waals surface area contributed by atoms with E-state index in [4.69, 9.17) is 4.74 Å². The summed E-state index contributed by atoms with van der Waals surface area (Å²) in [5.74, 6) is 0.0238. The fraction of sp³-hybridized carbons (Fsp3) is 0.560. The van der Waals surface area contributed by atoms with Crippen LogP contribution >= 0.6 is 11.3 Å². The molecule has 2 aromatic heterocycles. The Labute approximate surface area is 209 Å². The summed E-state index contributed by atoms with van der Waals surface area (Å²) in [6.45, 7) is 7.18. The lowest BCUT2D eigenvalue weighted by Crippen LogP contribution is -2.44. The highest BCUT2D eigenvalue weighted by Gasteiger charge is 2.48. The van der Waals surface area contributed by atoms with Crippen LogP contribution in [0.3, 0.4) is 0 Å². The molecule has 35 heavy (non-hydrogen) atoms. The molecule has 1 fully saturated rings. The van der Waals surface area contributed by atoms with E-state index >= 15 is 0 Å². The number of carbonyl (C=O) groups excluding carboxylic acids is 3. The zero-order chi connectivity index (χ0) is 25.0. The number of hydrogen-bond donors (Lipinski definition) is 3. The van der Waals surface area contributed by atoms with Crippen LogP contribution in [0.25, 0.3) is 0 Å². The molecular weight excluding hydrogens is 466 g/mol. The van der Waals surface area contributed by atoms with Crippen molar-refractivity contribution in [3.63, 3.8) is 0 Å². The first-order valence-electron chi connectivity index (χ1n) is 12.3. The molecule has 10 heteroatoms. The van der Waals surface area contributed by atoms with Gasteiger partial charge in [0.15, 0.2) is 0 Å². The van der Waals surface area contributed by atoms with Crippen molar-refractivity contribution >= 4 is 40.6 Å². The van der Waals surface area contributed by atoms with Gasteiger partial charge < -0.3 is 20.7 Å². The van der Waals surface area contributed by atoms with E-state index in [1.54, 1.807) is 17.6 Å². The monoisotopic (exact) mass is 499 g/mol. The summed E-state index contributed by atoms with van der Waals surface area (Å²) in [5.41, 5.74) is 1.21. The number of aromatic nitrogens is 2. The molecule has 2 aromatic rings. The zero-order valence-corrected chi connectivity index (χ0v) is 21.3. The molecule has 9 nitrogen and oxygen atoms in total. The van der Waals surface area contributed by atoms with Crippen LogP contribution < -0.4 is 16.0 Å². The van der Waals surface area contributed by atoms with Gasteiger partial charge in [-0.15, -0.1) is 11.3 Å². The van der Waals surface area contributed by atoms with Gasteiger partial charge in [0, 0.05) is 36.4 Å². The second-order valence-electron chi connectivity index (χ2n) is 9.50. The summed E-state index contributed by atoms with van der Waals surface area (Å²) >= 11 is 1.39. The molecule has 0 saturated carbocycles. The van der Waals surface area contributed by atoms with Crippen molar-refractivity contribution in [1.82, 2.24) is 15.3 Å². The first kappa shape index (κ1) is 25.2. The lowest BCUT2D eigenvalue weighted by atomic mass is 9.76. The number of ether oxygens (including phenoxy) is 1. The number of thiazole rings is 1. The van der Waals surface area contributed by atoms with E-state index in [-0.39, 0.29) is 17.7 Å². The molecule has 1 saturated heterocycles. The number of amides is 3. The van der Waals surface area contributed by atoms with E-state index in [1.165, 1.54) is 11.3 Å². The van der Waals surface area contributed by atoms with Crippen LogP contribution in [0.4, 0.5) is 11.5 Å². The van der Waals surface area contributed by atoms with E-state index in [9.17, 15) is 14.4 Å². The Morgan fingerprint density at radius 3 is 2.71 bits per heavy atom. The van der Waals surface area contributed by atoms with Gasteiger partial charge in [0.05, 0.1) is 16.1 Å². The van der Waals surface area contributed by atoms with Crippen LogP contribution in [0, 0.1) is 12.8 Å². The Morgan fingerprint density at radius 2 is 2.03 bits per heavy atom. The molecule has 188 valence electrons. The van der Waals surface area contributed by atoms with Crippen LogP contribution in [0.1, 0.15) is 73.4 Å². The van der Waals surface area contributed by atoms with Gasteiger partial charge in [0.1, 0.15) is 17.6 Å². The molecule has 3 N–H and O–H groups in total. The fourth-order valence-electron chi connectivity index (χ4n) is 4.86. The largest absolute Gasteiger partial charge is 0.381 e. The predicted molar refractivity (Wildman–Crippen MR) is 135 cm³/mol. The quantitative estimate of drug-likeness (QED) is 0.482. The van der Waals surface area contributed by atoms with Gasteiger partial charge >= 0.3 is 0 Å². The number of nitrogens with one attached hydrogen (secondary N) is 3. The normalized spacial score (nSPS) is 18.0. The molecule has 3 amide bonds. The first-order chi connectivity index (χ1) is 16.8. The molecule has 2 atom stereocenters. The molecule has 4 heterocycles. The first-order valence-corrected chi connectivity index (χ1v) is 13.1. The zero-order valence-electron chi connectivity index (χ0n) is 20.5. The third-order valence-electron chi connectivity index (χ3n) is 6.90. The number of anilines is 2. The Morgan fingerprint density at radius 1 is 1.26 bits per heavy atom. The molecule has 0 unspecified atom stereocenters. The van der Waals surface area contributed by atoms with Crippen LogP contribution in [0.2, 0.25) is 0 Å². The van der Waals surface area contributed by atoms with Crippen LogP contribution in [0.15, 0.2) is 17.6 Å². The Balaban J connectivity index is 1.48. The Kier molecular flexibility index (Phi) is 7.81. The molecular formula is C25H33N5O4S. The summed E-state index contributed by atoms with van der Waals surface area (Å²) in [6, 6.07) is 0.966. The molecule has 4 rings (SSSR count). The number of carbonyl (C=O) groups is 3. The van der Waals surface area contributed by atoms with Gasteiger partial charge in [-0.05, 0) is 38.5 Å². The lowest BCUT2D eigenvalue weighted by Gasteiger charge is -2.31. The number of hydrogen-bond acceptors (Lipinski definition) is 7. The third-order valence-corrected chi connectivity index (χ3v) is 7.68. The topological polar surface area (TPSA) is 122 Å². The van der Waals surface area contributed by atoms with E-state index in [0.717, 1.165) is 29.8 Å². The van der Waals surface area contributed by atoms with Gasteiger partial charge in [-0.25, -0.2) is 9.97 Å². The molecule has 0 aromatic carbocycles. The van der Waals surface area contributed by atoms with Gasteiger partial charge in [-0.1, -0.05) is 26.7 Å². The molecule has 0 bridgehead atoms. The van der Waals surface area contributed by atoms with Crippen molar-refractivity contribution in [2.75, 3.05) is 23.8 Å². The number of nitrogens with zero attached hydrogens (tertiary/aromatic N) is 2. The Bertz CT molecular complexity index is 1100. The maximum Gasteiger partial charge on any atom is 0.271 e. The standard InChI is InChI=1S/C25H33N5O4S/c1-4-5-15(2)6-7-18(28-23(32)20-14-35-16(3)27-20)22(31)30-21-12-19-17(13-26-21)25(24(33)29-19)8-10-34-11-9-25/h12-15,18H,4-11H2,1-3H3,(H,28,32)(H,29,33)(H,26,30,31)/t15-,18-/m0/s1. The predicted octanol–water partition coefficient (Wildman–Crippen LogP) is 3.80. The molecule has 1 spiro atoms. The highest BCUT2D eigenvalue weighted by atomic mass is 32.1. The SMILES string of the molecule is CCC[C@H](C)CC[C@H](NC(=O)c1csc(C)n1)C(=O)Nc1cc2c(cn1)C1(CCOCC1)C(=O)N2. The van der Waals surface area contributed by atoms with E-state index in [0.29, 0.717) is 55.6 Å².